The van der Waals surface area contributed by atoms with Gasteiger partial charge in [-0.25, -0.2) is 0 Å². The summed E-state index contributed by atoms with van der Waals surface area (Å²) in [5, 5.41) is 0. The van der Waals surface area contributed by atoms with Crippen LogP contribution in [0.3, 0.4) is 0 Å². The molecule has 0 radical (unpaired) electrons. The molecule has 0 unspecified atom stereocenters. The molecule has 3 nitrogen and oxygen atoms in total. The molecule has 0 saturated heterocycles. The van der Waals surface area contributed by atoms with Crippen LogP contribution in [0.25, 0.3) is 0 Å². The molecule has 13 heavy (non-hydrogen) atoms. The molecule has 0 aromatic heterocycles. The summed E-state index contributed by atoms with van der Waals surface area (Å²) < 4.78 is 17.0. The van der Waals surface area contributed by atoms with Crippen LogP contribution in [0.5, 0.6) is 0 Å². The van der Waals surface area contributed by atoms with Gasteiger partial charge in [0.25, 0.3) is 0 Å². The van der Waals surface area contributed by atoms with E-state index in [1.165, 1.54) is 0 Å². The van der Waals surface area contributed by atoms with E-state index in [4.69, 9.17) is 4.74 Å². The van der Waals surface area contributed by atoms with Gasteiger partial charge in [-0.1, -0.05) is 0 Å². The van der Waals surface area contributed by atoms with Crippen molar-refractivity contribution < 1.29 is 12.6 Å². The van der Waals surface area contributed by atoms with Crippen molar-refractivity contribution in [2.45, 2.75) is 42.0 Å². The fourth-order valence-corrected chi connectivity index (χ4v) is 3.82. The summed E-state index contributed by atoms with van der Waals surface area (Å²) in [6.45, 7) is 4.26. The molecule has 0 rings (SSSR count). The van der Waals surface area contributed by atoms with Crippen molar-refractivity contribution in [2.75, 3.05) is 6.61 Å². The second-order valence-electron chi connectivity index (χ2n) is 2.80. The Balaban J connectivity index is 3.44. The standard InChI is InChI=1S/C9H18O3Te/c1-3-5-6-7-13(11)8-9(10)12-4-2/h3-8H2,1-2H3. The molecule has 0 aliphatic heterocycles. The zero-order valence-electron chi connectivity index (χ0n) is 8.38. The minimum atomic E-state index is -2.33. The third-order valence-electron chi connectivity index (χ3n) is 1.56. The van der Waals surface area contributed by atoms with Gasteiger partial charge in [0.05, 0.1) is 0 Å². The Kier molecular flexibility index (Phi) is 8.69. The van der Waals surface area contributed by atoms with E-state index in [-0.39, 0.29) is 10.4 Å². The van der Waals surface area contributed by atoms with Crippen molar-refractivity contribution in [3.63, 3.8) is 0 Å². The minimum absolute atomic E-state index is 0.195. The van der Waals surface area contributed by atoms with Crippen LogP contribution in [0.15, 0.2) is 0 Å². The molecule has 0 fully saturated rings. The zero-order valence-corrected chi connectivity index (χ0v) is 10.7. The number of rotatable bonds is 7. The monoisotopic (exact) mass is 304 g/mol. The van der Waals surface area contributed by atoms with Crippen LogP contribution in [0, 0.1) is 0 Å². The fraction of sp³-hybridized carbons (Fsp3) is 0.889. The van der Waals surface area contributed by atoms with Crippen molar-refractivity contribution in [1.82, 2.24) is 0 Å². The first kappa shape index (κ1) is 13.1. The van der Waals surface area contributed by atoms with Crippen molar-refractivity contribution in [3.8, 4) is 0 Å². The van der Waals surface area contributed by atoms with E-state index in [2.05, 4.69) is 6.92 Å². The molecule has 0 aliphatic carbocycles. The molecule has 0 N–H and O–H groups in total. The molecular formula is C9H18O3Te. The summed E-state index contributed by atoms with van der Waals surface area (Å²) in [5.74, 6) is -0.286. The number of hydrogen-bond donors (Lipinski definition) is 0. The van der Waals surface area contributed by atoms with Crippen LogP contribution in [0.4, 0.5) is 0 Å². The van der Waals surface area contributed by atoms with Crippen LogP contribution in [0.1, 0.15) is 33.1 Å². The number of hydrogen-bond acceptors (Lipinski definition) is 3. The molecule has 0 spiro atoms. The third kappa shape index (κ3) is 8.39. The molecule has 0 saturated carbocycles. The predicted molar refractivity (Wildman–Crippen MR) is 52.2 cm³/mol. The third-order valence-corrected chi connectivity index (χ3v) is 5.27. The average Bonchev–Trinajstić information content (AvgIpc) is 2.05. The first-order valence-corrected chi connectivity index (χ1v) is 8.96. The van der Waals surface area contributed by atoms with E-state index in [9.17, 15) is 7.90 Å². The summed E-state index contributed by atoms with van der Waals surface area (Å²) in [6.07, 6.45) is 3.24. The zero-order chi connectivity index (χ0) is 10.1. The first-order valence-electron chi connectivity index (χ1n) is 4.71. The van der Waals surface area contributed by atoms with Crippen LogP contribution in [0.2, 0.25) is 8.94 Å². The Labute approximate surface area is 86.9 Å². The van der Waals surface area contributed by atoms with Gasteiger partial charge in [0.2, 0.25) is 0 Å². The van der Waals surface area contributed by atoms with Crippen LogP contribution in [-0.4, -0.2) is 32.1 Å². The number of carbonyl (C=O) groups excluding carboxylic acids is 1. The number of esters is 1. The van der Waals surface area contributed by atoms with Crippen molar-refractivity contribution in [3.05, 3.63) is 0 Å². The van der Waals surface area contributed by atoms with Gasteiger partial charge in [0.15, 0.2) is 0 Å². The molecule has 4 heteroatoms. The van der Waals surface area contributed by atoms with Gasteiger partial charge in [-0.3, -0.25) is 0 Å². The molecular weight excluding hydrogens is 284 g/mol. The van der Waals surface area contributed by atoms with Gasteiger partial charge >= 0.3 is 86.8 Å². The second-order valence-corrected chi connectivity index (χ2v) is 7.30. The summed E-state index contributed by atoms with van der Waals surface area (Å²) in [6, 6.07) is 0. The van der Waals surface area contributed by atoms with Crippen LogP contribution < -0.4 is 0 Å². The van der Waals surface area contributed by atoms with E-state index in [0.717, 1.165) is 23.7 Å². The van der Waals surface area contributed by atoms with Gasteiger partial charge in [-0.05, 0) is 0 Å². The van der Waals surface area contributed by atoms with Crippen LogP contribution in [-0.2, 0) is 12.6 Å². The summed E-state index contributed by atoms with van der Waals surface area (Å²) in [5.41, 5.74) is 0. The molecule has 0 atom stereocenters. The fourth-order valence-electron chi connectivity index (χ4n) is 0.919. The number of ether oxygens (including phenoxy) is 1. The van der Waals surface area contributed by atoms with Gasteiger partial charge in [-0.2, -0.15) is 0 Å². The SMILES string of the molecule is CCCCC[Te](=O)CC(=O)OCC. The molecule has 78 valence electrons. The van der Waals surface area contributed by atoms with Gasteiger partial charge in [0.1, 0.15) is 0 Å². The Morgan fingerprint density at radius 2 is 2.00 bits per heavy atom. The van der Waals surface area contributed by atoms with E-state index >= 15 is 0 Å². The van der Waals surface area contributed by atoms with Crippen molar-refractivity contribution >= 4 is 25.5 Å². The normalized spacial score (nSPS) is 10.4. The predicted octanol–water partition coefficient (Wildman–Crippen LogP) is 2.16. The van der Waals surface area contributed by atoms with Gasteiger partial charge in [0, 0.05) is 0 Å². The molecule has 0 aromatic carbocycles. The Morgan fingerprint density at radius 3 is 2.54 bits per heavy atom. The second kappa shape index (κ2) is 8.65. The Bertz CT molecular complexity index is 168. The van der Waals surface area contributed by atoms with E-state index in [1.54, 1.807) is 6.92 Å². The average molecular weight is 302 g/mol. The van der Waals surface area contributed by atoms with Gasteiger partial charge in [-0.15, -0.1) is 0 Å². The number of carbonyl (C=O) groups is 1. The Morgan fingerprint density at radius 1 is 1.31 bits per heavy atom. The topological polar surface area (TPSA) is 43.4 Å². The van der Waals surface area contributed by atoms with E-state index < -0.39 is 19.5 Å². The summed E-state index contributed by atoms with van der Waals surface area (Å²) >= 11 is -2.33. The maximum absolute atomic E-state index is 11.4. The molecule has 0 heterocycles. The first-order chi connectivity index (χ1) is 6.20. The van der Waals surface area contributed by atoms with Gasteiger partial charge < -0.3 is 0 Å². The summed E-state index contributed by atoms with van der Waals surface area (Å²) in [4.78, 5) is 10.9. The molecule has 0 bridgehead atoms. The molecule has 0 aromatic rings. The number of unbranched alkanes of at least 4 members (excludes halogenated alkanes) is 2. The van der Waals surface area contributed by atoms with E-state index in [1.807, 2.05) is 0 Å². The quantitative estimate of drug-likeness (QED) is 0.411. The molecule has 0 amide bonds. The Hall–Kier alpha value is 0.0596. The van der Waals surface area contributed by atoms with E-state index in [0.29, 0.717) is 6.61 Å². The van der Waals surface area contributed by atoms with Crippen molar-refractivity contribution in [1.29, 1.82) is 0 Å². The molecule has 0 aliphatic rings. The summed E-state index contributed by atoms with van der Waals surface area (Å²) in [7, 11) is 0. The van der Waals surface area contributed by atoms with Crippen molar-refractivity contribution in [2.24, 2.45) is 0 Å². The van der Waals surface area contributed by atoms with Crippen LogP contribution >= 0.6 is 0 Å². The maximum atomic E-state index is 11.4.